The van der Waals surface area contributed by atoms with Crippen molar-refractivity contribution in [3.63, 3.8) is 0 Å². The molecule has 6 heteroatoms. The van der Waals surface area contributed by atoms with Crippen molar-refractivity contribution in [2.24, 2.45) is 0 Å². The van der Waals surface area contributed by atoms with Crippen molar-refractivity contribution in [2.45, 2.75) is 12.5 Å². The largest absolute Gasteiger partial charge is 0.379 e. The molecule has 20 heavy (non-hydrogen) atoms. The Hall–Kier alpha value is -1.79. The molecule has 1 aromatic rings. The van der Waals surface area contributed by atoms with Crippen LogP contribution in [0, 0.1) is 5.82 Å². The molecule has 1 aromatic carbocycles. The monoisotopic (exact) mass is 278 g/mol. The lowest BCUT2D eigenvalue weighted by Gasteiger charge is -2.30. The minimum absolute atomic E-state index is 0.148. The number of nitrogens with zero attached hydrogens (tertiary/aromatic N) is 2. The molecule has 0 aliphatic carbocycles. The van der Waals surface area contributed by atoms with Gasteiger partial charge in [-0.05, 0) is 18.2 Å². The van der Waals surface area contributed by atoms with Gasteiger partial charge in [-0.15, -0.1) is 0 Å². The maximum Gasteiger partial charge on any atom is 0.251 e. The smallest absolute Gasteiger partial charge is 0.251 e. The van der Waals surface area contributed by atoms with Crippen molar-refractivity contribution in [2.75, 3.05) is 31.2 Å². The first-order valence-corrected chi connectivity index (χ1v) is 6.61. The average Bonchev–Trinajstić information content (AvgIpc) is 2.75. The Morgan fingerprint density at radius 3 is 2.65 bits per heavy atom. The first-order valence-electron chi connectivity index (χ1n) is 6.61. The third kappa shape index (κ3) is 2.32. The zero-order chi connectivity index (χ0) is 14.1. The van der Waals surface area contributed by atoms with Crippen LogP contribution in [0.5, 0.6) is 0 Å². The van der Waals surface area contributed by atoms with Gasteiger partial charge in [-0.1, -0.05) is 6.07 Å². The summed E-state index contributed by atoms with van der Waals surface area (Å²) in [5.41, 5.74) is 0.302. The van der Waals surface area contributed by atoms with E-state index in [2.05, 4.69) is 0 Å². The highest BCUT2D eigenvalue weighted by Gasteiger charge is 2.42. The number of anilines is 1. The van der Waals surface area contributed by atoms with Gasteiger partial charge in [-0.2, -0.15) is 0 Å². The highest BCUT2D eigenvalue weighted by Crippen LogP contribution is 2.26. The van der Waals surface area contributed by atoms with Gasteiger partial charge in [0.05, 0.1) is 31.4 Å². The van der Waals surface area contributed by atoms with Gasteiger partial charge in [-0.3, -0.25) is 14.5 Å². The van der Waals surface area contributed by atoms with E-state index in [1.807, 2.05) is 4.90 Å². The molecular weight excluding hydrogens is 263 g/mol. The molecule has 2 heterocycles. The molecule has 0 spiro atoms. The summed E-state index contributed by atoms with van der Waals surface area (Å²) in [6, 6.07) is 5.11. The number of benzene rings is 1. The summed E-state index contributed by atoms with van der Waals surface area (Å²) in [7, 11) is 0. The Kier molecular flexibility index (Phi) is 3.50. The van der Waals surface area contributed by atoms with E-state index in [1.54, 1.807) is 6.07 Å². The molecular formula is C14H15FN2O3. The summed E-state index contributed by atoms with van der Waals surface area (Å²) in [4.78, 5) is 27.5. The van der Waals surface area contributed by atoms with Gasteiger partial charge in [0.25, 0.3) is 5.91 Å². The summed E-state index contributed by atoms with van der Waals surface area (Å²) in [6.45, 7) is 2.41. The highest BCUT2D eigenvalue weighted by atomic mass is 19.1. The number of carbonyl (C=O) groups is 2. The fourth-order valence-corrected chi connectivity index (χ4v) is 2.68. The lowest BCUT2D eigenvalue weighted by Crippen LogP contribution is -2.47. The molecule has 0 saturated carbocycles. The predicted octanol–water partition coefficient (Wildman–Crippen LogP) is 0.790. The van der Waals surface area contributed by atoms with E-state index in [0.29, 0.717) is 32.0 Å². The molecule has 0 aromatic heterocycles. The number of hydrogen-bond donors (Lipinski definition) is 0. The number of rotatable bonds is 2. The molecule has 5 nitrogen and oxygen atoms in total. The molecule has 0 N–H and O–H groups in total. The van der Waals surface area contributed by atoms with E-state index in [9.17, 15) is 14.0 Å². The van der Waals surface area contributed by atoms with Crippen LogP contribution in [0.2, 0.25) is 0 Å². The van der Waals surface area contributed by atoms with Gasteiger partial charge in [0.1, 0.15) is 5.82 Å². The lowest BCUT2D eigenvalue weighted by molar-refractivity contribution is -0.123. The van der Waals surface area contributed by atoms with Crippen LogP contribution in [-0.4, -0.2) is 49.1 Å². The Morgan fingerprint density at radius 1 is 1.20 bits per heavy atom. The molecule has 0 radical (unpaired) electrons. The zero-order valence-corrected chi connectivity index (χ0v) is 10.9. The fraction of sp³-hybridized carbons (Fsp3) is 0.429. The van der Waals surface area contributed by atoms with Crippen LogP contribution in [0.3, 0.4) is 0 Å². The Labute approximate surface area is 115 Å². The summed E-state index contributed by atoms with van der Waals surface area (Å²) >= 11 is 0. The van der Waals surface area contributed by atoms with E-state index in [1.165, 1.54) is 18.2 Å². The normalized spacial score (nSPS) is 24.4. The predicted molar refractivity (Wildman–Crippen MR) is 69.7 cm³/mol. The second-order valence-electron chi connectivity index (χ2n) is 4.92. The molecule has 2 aliphatic heterocycles. The standard InChI is InChI=1S/C14H15FN2O3/c15-10-2-1-3-11(8-10)17-13(18)9-12(14(17)19)16-4-6-20-7-5-16/h1-3,8,12H,4-7,9H2/t12-/m0/s1. The van der Waals surface area contributed by atoms with Crippen molar-refractivity contribution in [1.29, 1.82) is 0 Å². The number of amides is 2. The van der Waals surface area contributed by atoms with Crippen molar-refractivity contribution in [3.8, 4) is 0 Å². The van der Waals surface area contributed by atoms with E-state index in [0.717, 1.165) is 4.90 Å². The number of halogens is 1. The molecule has 106 valence electrons. The maximum atomic E-state index is 13.3. The second kappa shape index (κ2) is 5.30. The summed E-state index contributed by atoms with van der Waals surface area (Å²) < 4.78 is 18.5. The van der Waals surface area contributed by atoms with E-state index < -0.39 is 11.9 Å². The van der Waals surface area contributed by atoms with Gasteiger partial charge in [0.2, 0.25) is 5.91 Å². The molecule has 2 saturated heterocycles. The summed E-state index contributed by atoms with van der Waals surface area (Å²) in [5.74, 6) is -1.02. The number of carbonyl (C=O) groups excluding carboxylic acids is 2. The molecule has 0 bridgehead atoms. The number of hydrogen-bond acceptors (Lipinski definition) is 4. The number of morpholine rings is 1. The van der Waals surface area contributed by atoms with Gasteiger partial charge in [0, 0.05) is 13.1 Å². The highest BCUT2D eigenvalue weighted by molar-refractivity contribution is 6.22. The summed E-state index contributed by atoms with van der Waals surface area (Å²) in [5, 5.41) is 0. The zero-order valence-electron chi connectivity index (χ0n) is 10.9. The SMILES string of the molecule is O=C1C[C@H](N2CCOCC2)C(=O)N1c1cccc(F)c1. The van der Waals surface area contributed by atoms with Gasteiger partial charge >= 0.3 is 0 Å². The minimum atomic E-state index is -0.460. The molecule has 2 fully saturated rings. The van der Waals surface area contributed by atoms with Crippen LogP contribution >= 0.6 is 0 Å². The lowest BCUT2D eigenvalue weighted by atomic mass is 10.2. The first kappa shape index (κ1) is 13.2. The van der Waals surface area contributed by atoms with E-state index in [-0.39, 0.29) is 18.2 Å². The van der Waals surface area contributed by atoms with E-state index >= 15 is 0 Å². The fourth-order valence-electron chi connectivity index (χ4n) is 2.68. The van der Waals surface area contributed by atoms with E-state index in [4.69, 9.17) is 4.74 Å². The average molecular weight is 278 g/mol. The quantitative estimate of drug-likeness (QED) is 0.751. The third-order valence-electron chi connectivity index (χ3n) is 3.68. The summed E-state index contributed by atoms with van der Waals surface area (Å²) in [6.07, 6.45) is 0.148. The van der Waals surface area contributed by atoms with Crippen molar-refractivity contribution >= 4 is 17.5 Å². The Bertz CT molecular complexity index is 543. The molecule has 1 atom stereocenters. The Morgan fingerprint density at radius 2 is 1.95 bits per heavy atom. The van der Waals surface area contributed by atoms with Gasteiger partial charge < -0.3 is 4.74 Å². The molecule has 2 amide bonds. The maximum absolute atomic E-state index is 13.3. The van der Waals surface area contributed by atoms with Crippen LogP contribution in [0.4, 0.5) is 10.1 Å². The van der Waals surface area contributed by atoms with Gasteiger partial charge in [0.15, 0.2) is 0 Å². The van der Waals surface area contributed by atoms with Crippen LogP contribution < -0.4 is 4.90 Å². The van der Waals surface area contributed by atoms with Crippen LogP contribution in [0.15, 0.2) is 24.3 Å². The Balaban J connectivity index is 1.83. The minimum Gasteiger partial charge on any atom is -0.379 e. The van der Waals surface area contributed by atoms with Crippen LogP contribution in [0.25, 0.3) is 0 Å². The number of imide groups is 1. The van der Waals surface area contributed by atoms with Crippen molar-refractivity contribution < 1.29 is 18.7 Å². The van der Waals surface area contributed by atoms with Crippen molar-refractivity contribution in [3.05, 3.63) is 30.1 Å². The second-order valence-corrected chi connectivity index (χ2v) is 4.92. The topological polar surface area (TPSA) is 49.9 Å². The van der Waals surface area contributed by atoms with Gasteiger partial charge in [-0.25, -0.2) is 9.29 Å². The molecule has 2 aliphatic rings. The first-order chi connectivity index (χ1) is 9.66. The molecule has 0 unspecified atom stereocenters. The van der Waals surface area contributed by atoms with Crippen molar-refractivity contribution in [1.82, 2.24) is 4.90 Å². The number of ether oxygens (including phenoxy) is 1. The molecule has 3 rings (SSSR count). The van der Waals surface area contributed by atoms with Crippen LogP contribution in [0.1, 0.15) is 6.42 Å². The third-order valence-corrected chi connectivity index (χ3v) is 3.68. The van der Waals surface area contributed by atoms with Crippen LogP contribution in [-0.2, 0) is 14.3 Å².